The standard InChI is InChI=1S/C22H23ClN4O2S/c1-26-19-18(20(28)25-21(26)29)27(13-5-8-15-6-3-2-4-7-15)22(24-19)30-14-16-9-11-17(23)12-10-16/h2-4,6-7,9-12,18-19H,5,8,13-14H2,1H3,(H,25,28,29). The molecule has 1 saturated heterocycles. The number of thioether (sulfide) groups is 1. The molecule has 0 bridgehead atoms. The van der Waals surface area contributed by atoms with Gasteiger partial charge in [0.15, 0.2) is 17.4 Å². The molecule has 2 aliphatic heterocycles. The first kappa shape index (κ1) is 20.8. The van der Waals surface area contributed by atoms with E-state index >= 15 is 0 Å². The van der Waals surface area contributed by atoms with Crippen LogP contribution in [0.3, 0.4) is 0 Å². The van der Waals surface area contributed by atoms with Gasteiger partial charge in [-0.05, 0) is 36.1 Å². The van der Waals surface area contributed by atoms with Crippen molar-refractivity contribution in [2.45, 2.75) is 30.8 Å². The molecule has 1 fully saturated rings. The van der Waals surface area contributed by atoms with Gasteiger partial charge < -0.3 is 9.80 Å². The van der Waals surface area contributed by atoms with E-state index in [1.807, 2.05) is 47.4 Å². The molecule has 2 heterocycles. The summed E-state index contributed by atoms with van der Waals surface area (Å²) in [6, 6.07) is 17.1. The molecule has 4 rings (SSSR count). The number of nitrogens with zero attached hydrogens (tertiary/aromatic N) is 3. The van der Waals surface area contributed by atoms with E-state index in [0.29, 0.717) is 17.3 Å². The van der Waals surface area contributed by atoms with Gasteiger partial charge in [-0.25, -0.2) is 9.79 Å². The molecule has 156 valence electrons. The summed E-state index contributed by atoms with van der Waals surface area (Å²) in [5.41, 5.74) is 2.39. The van der Waals surface area contributed by atoms with Gasteiger partial charge in [-0.15, -0.1) is 0 Å². The van der Waals surface area contributed by atoms with Crippen LogP contribution < -0.4 is 5.32 Å². The molecular formula is C22H23ClN4O2S. The molecule has 2 aromatic carbocycles. The second-order valence-electron chi connectivity index (χ2n) is 7.37. The third kappa shape index (κ3) is 4.47. The van der Waals surface area contributed by atoms with Crippen LogP contribution in [0, 0.1) is 0 Å². The third-order valence-corrected chi connectivity index (χ3v) is 6.64. The van der Waals surface area contributed by atoms with Crippen LogP contribution in [0.4, 0.5) is 4.79 Å². The summed E-state index contributed by atoms with van der Waals surface area (Å²) in [6.07, 6.45) is 1.31. The Morgan fingerprint density at radius 1 is 1.07 bits per heavy atom. The van der Waals surface area contributed by atoms with E-state index in [4.69, 9.17) is 16.6 Å². The lowest BCUT2D eigenvalue weighted by molar-refractivity contribution is -0.127. The van der Waals surface area contributed by atoms with E-state index in [2.05, 4.69) is 17.4 Å². The van der Waals surface area contributed by atoms with Crippen molar-refractivity contribution < 1.29 is 9.59 Å². The van der Waals surface area contributed by atoms with Crippen molar-refractivity contribution >= 4 is 40.5 Å². The minimum Gasteiger partial charge on any atom is -0.336 e. The Hall–Kier alpha value is -2.51. The van der Waals surface area contributed by atoms with Gasteiger partial charge in [-0.1, -0.05) is 65.8 Å². The SMILES string of the molecule is CN1C(=O)NC(=O)C2C1N=C(SCc1ccc(Cl)cc1)N2CCCc1ccccc1. The van der Waals surface area contributed by atoms with Crippen LogP contribution in [0.5, 0.6) is 0 Å². The molecule has 30 heavy (non-hydrogen) atoms. The highest BCUT2D eigenvalue weighted by Gasteiger charge is 2.48. The number of hydrogen-bond donors (Lipinski definition) is 1. The van der Waals surface area contributed by atoms with E-state index in [-0.39, 0.29) is 5.91 Å². The molecular weight excluding hydrogens is 420 g/mol. The average molecular weight is 443 g/mol. The van der Waals surface area contributed by atoms with E-state index in [1.54, 1.807) is 18.8 Å². The van der Waals surface area contributed by atoms with Gasteiger partial charge >= 0.3 is 6.03 Å². The highest BCUT2D eigenvalue weighted by atomic mass is 35.5. The van der Waals surface area contributed by atoms with E-state index in [9.17, 15) is 9.59 Å². The molecule has 2 unspecified atom stereocenters. The summed E-state index contributed by atoms with van der Waals surface area (Å²) >= 11 is 7.56. The van der Waals surface area contributed by atoms with Gasteiger partial charge in [-0.3, -0.25) is 10.1 Å². The minimum absolute atomic E-state index is 0.284. The number of halogens is 1. The summed E-state index contributed by atoms with van der Waals surface area (Å²) in [7, 11) is 1.68. The van der Waals surface area contributed by atoms with E-state index in [1.165, 1.54) is 10.5 Å². The first-order valence-corrected chi connectivity index (χ1v) is 11.2. The smallest absolute Gasteiger partial charge is 0.325 e. The number of carbonyl (C=O) groups excluding carboxylic acids is 2. The maximum atomic E-state index is 12.6. The lowest BCUT2D eigenvalue weighted by Gasteiger charge is -2.36. The van der Waals surface area contributed by atoms with Crippen LogP contribution in [0.2, 0.25) is 5.02 Å². The number of amides is 3. The van der Waals surface area contributed by atoms with Crippen LogP contribution in [0.1, 0.15) is 17.5 Å². The fourth-order valence-corrected chi connectivity index (χ4v) is 4.85. The lowest BCUT2D eigenvalue weighted by atomic mass is 10.1. The quantitative estimate of drug-likeness (QED) is 0.739. The Labute approximate surface area is 185 Å². The molecule has 3 amide bonds. The fourth-order valence-electron chi connectivity index (χ4n) is 3.68. The Morgan fingerprint density at radius 2 is 1.80 bits per heavy atom. The number of carbonyl (C=O) groups is 2. The summed E-state index contributed by atoms with van der Waals surface area (Å²) in [5, 5.41) is 3.95. The van der Waals surface area contributed by atoms with Gasteiger partial charge in [0.2, 0.25) is 0 Å². The molecule has 6 nitrogen and oxygen atoms in total. The van der Waals surface area contributed by atoms with Crippen molar-refractivity contribution in [2.24, 2.45) is 4.99 Å². The number of amidine groups is 1. The van der Waals surface area contributed by atoms with Crippen LogP contribution in [0.25, 0.3) is 0 Å². The monoisotopic (exact) mass is 442 g/mol. The van der Waals surface area contributed by atoms with Crippen molar-refractivity contribution in [3.05, 3.63) is 70.7 Å². The molecule has 0 aromatic heterocycles. The number of nitrogens with one attached hydrogen (secondary N) is 1. The fraction of sp³-hybridized carbons (Fsp3) is 0.318. The predicted molar refractivity (Wildman–Crippen MR) is 121 cm³/mol. The minimum atomic E-state index is -0.490. The molecule has 2 aliphatic rings. The van der Waals surface area contributed by atoms with Crippen molar-refractivity contribution in [1.82, 2.24) is 15.1 Å². The van der Waals surface area contributed by atoms with Crippen LogP contribution in [-0.2, 0) is 17.0 Å². The van der Waals surface area contributed by atoms with Crippen LogP contribution >= 0.6 is 23.4 Å². The molecule has 1 N–H and O–H groups in total. The Bertz CT molecular complexity index is 951. The highest BCUT2D eigenvalue weighted by Crippen LogP contribution is 2.30. The number of aryl methyl sites for hydroxylation is 1. The number of urea groups is 1. The van der Waals surface area contributed by atoms with Gasteiger partial charge in [0.1, 0.15) is 0 Å². The van der Waals surface area contributed by atoms with Gasteiger partial charge in [-0.2, -0.15) is 0 Å². The number of hydrogen-bond acceptors (Lipinski definition) is 5. The van der Waals surface area contributed by atoms with E-state index in [0.717, 1.165) is 23.6 Å². The second kappa shape index (κ2) is 9.10. The molecule has 0 radical (unpaired) electrons. The van der Waals surface area contributed by atoms with Crippen molar-refractivity contribution in [1.29, 1.82) is 0 Å². The van der Waals surface area contributed by atoms with Crippen molar-refractivity contribution in [2.75, 3.05) is 13.6 Å². The van der Waals surface area contributed by atoms with Gasteiger partial charge in [0.25, 0.3) is 5.91 Å². The van der Waals surface area contributed by atoms with Gasteiger partial charge in [0.05, 0.1) is 0 Å². The number of likely N-dealkylation sites (N-methyl/N-ethyl adjacent to an activating group) is 1. The van der Waals surface area contributed by atoms with Crippen molar-refractivity contribution in [3.63, 3.8) is 0 Å². The topological polar surface area (TPSA) is 65.0 Å². The highest BCUT2D eigenvalue weighted by molar-refractivity contribution is 8.13. The van der Waals surface area contributed by atoms with Crippen LogP contribution in [0.15, 0.2) is 59.6 Å². The zero-order chi connectivity index (χ0) is 21.1. The average Bonchev–Trinajstić information content (AvgIpc) is 3.12. The molecule has 0 saturated carbocycles. The summed E-state index contributed by atoms with van der Waals surface area (Å²) in [6.45, 7) is 0.692. The number of rotatable bonds is 6. The molecule has 0 aliphatic carbocycles. The van der Waals surface area contributed by atoms with Crippen molar-refractivity contribution in [3.8, 4) is 0 Å². The summed E-state index contributed by atoms with van der Waals surface area (Å²) in [4.78, 5) is 33.0. The summed E-state index contributed by atoms with van der Waals surface area (Å²) < 4.78 is 0. The number of benzene rings is 2. The van der Waals surface area contributed by atoms with Gasteiger partial charge in [0, 0.05) is 24.4 Å². The zero-order valence-electron chi connectivity index (χ0n) is 16.6. The molecule has 0 spiro atoms. The maximum absolute atomic E-state index is 12.6. The molecule has 2 aromatic rings. The zero-order valence-corrected chi connectivity index (χ0v) is 18.2. The number of imide groups is 1. The summed E-state index contributed by atoms with van der Waals surface area (Å²) in [5.74, 6) is 0.429. The first-order chi connectivity index (χ1) is 14.5. The third-order valence-electron chi connectivity index (χ3n) is 5.31. The van der Waals surface area contributed by atoms with E-state index < -0.39 is 18.2 Å². The molecule has 2 atom stereocenters. The predicted octanol–water partition coefficient (Wildman–Crippen LogP) is 3.75. The second-order valence-corrected chi connectivity index (χ2v) is 8.75. The lowest BCUT2D eigenvalue weighted by Crippen LogP contribution is -2.63. The van der Waals surface area contributed by atoms with Crippen LogP contribution in [-0.4, -0.2) is 52.7 Å². The maximum Gasteiger partial charge on any atom is 0.325 e. The Kier molecular flexibility index (Phi) is 6.29. The Balaban J connectivity index is 1.48. The number of aliphatic imine (C=N–C) groups is 1. The normalized spacial score (nSPS) is 20.8. The largest absolute Gasteiger partial charge is 0.336 e. The first-order valence-electron chi connectivity index (χ1n) is 9.86. The molecule has 8 heteroatoms. The number of fused-ring (bicyclic) bond motifs is 1. The Morgan fingerprint density at radius 3 is 2.53 bits per heavy atom.